The second-order valence-electron chi connectivity index (χ2n) is 2.94. The number of nitrogens with zero attached hydrogens (tertiary/aromatic N) is 3. The molecule has 6 nitrogen and oxygen atoms in total. The number of aromatic nitrogens is 3. The lowest BCUT2D eigenvalue weighted by Gasteiger charge is -2.05. The van der Waals surface area contributed by atoms with Crippen LogP contribution in [0.25, 0.3) is 0 Å². The summed E-state index contributed by atoms with van der Waals surface area (Å²) in [6.07, 6.45) is 1.36. The fourth-order valence-corrected chi connectivity index (χ4v) is 1.01. The third kappa shape index (κ3) is 4.59. The largest absolute Gasteiger partial charge is 0.463 e. The number of aliphatic hydroxyl groups excluding tert-OH is 1. The molecule has 0 bridgehead atoms. The van der Waals surface area contributed by atoms with E-state index in [-0.39, 0.29) is 23.9 Å². The third-order valence-electron chi connectivity index (χ3n) is 1.54. The fraction of sp³-hybridized carbons (Fsp3) is 0.667. The van der Waals surface area contributed by atoms with E-state index in [1.165, 1.54) is 0 Å². The van der Waals surface area contributed by atoms with Crippen molar-refractivity contribution in [1.82, 2.24) is 15.0 Å². The van der Waals surface area contributed by atoms with E-state index in [1.54, 1.807) is 0 Å². The number of rotatable bonds is 7. The lowest BCUT2D eigenvalue weighted by Crippen LogP contribution is -2.06. The van der Waals surface area contributed by atoms with Crippen LogP contribution in [0.5, 0.6) is 12.0 Å². The molecule has 0 amide bonds. The minimum atomic E-state index is 0.0279. The summed E-state index contributed by atoms with van der Waals surface area (Å²) in [7, 11) is 0. The van der Waals surface area contributed by atoms with E-state index >= 15 is 0 Å². The Morgan fingerprint density at radius 3 is 2.31 bits per heavy atom. The summed E-state index contributed by atoms with van der Waals surface area (Å²) in [5.74, 6) is 0. The summed E-state index contributed by atoms with van der Waals surface area (Å²) >= 11 is 5.67. The summed E-state index contributed by atoms with van der Waals surface area (Å²) in [6.45, 7) is 2.86. The van der Waals surface area contributed by atoms with Crippen molar-refractivity contribution in [3.8, 4) is 12.0 Å². The van der Waals surface area contributed by atoms with Crippen LogP contribution >= 0.6 is 11.6 Å². The van der Waals surface area contributed by atoms with E-state index in [1.807, 2.05) is 6.92 Å². The first kappa shape index (κ1) is 12.9. The van der Waals surface area contributed by atoms with Gasteiger partial charge in [0.2, 0.25) is 5.28 Å². The topological polar surface area (TPSA) is 77.4 Å². The van der Waals surface area contributed by atoms with Gasteiger partial charge in [-0.1, -0.05) is 6.92 Å². The first-order valence-electron chi connectivity index (χ1n) is 5.04. The monoisotopic (exact) mass is 247 g/mol. The zero-order chi connectivity index (χ0) is 11.8. The molecule has 1 N–H and O–H groups in total. The fourth-order valence-electron chi connectivity index (χ4n) is 0.865. The second kappa shape index (κ2) is 7.19. The first-order chi connectivity index (χ1) is 7.76. The van der Waals surface area contributed by atoms with Crippen LogP contribution in [0, 0.1) is 0 Å². The molecule has 0 atom stereocenters. The Morgan fingerprint density at radius 1 is 1.12 bits per heavy atom. The van der Waals surface area contributed by atoms with Gasteiger partial charge in [0.25, 0.3) is 0 Å². The summed E-state index contributed by atoms with van der Waals surface area (Å²) < 4.78 is 10.4. The summed E-state index contributed by atoms with van der Waals surface area (Å²) in [5.41, 5.74) is 0. The van der Waals surface area contributed by atoms with Gasteiger partial charge in [0.1, 0.15) is 0 Å². The van der Waals surface area contributed by atoms with Gasteiger partial charge >= 0.3 is 12.0 Å². The third-order valence-corrected chi connectivity index (χ3v) is 1.71. The SMILES string of the molecule is CCCOc1nc(Cl)nc(OCCCO)n1. The smallest absolute Gasteiger partial charge is 0.323 e. The molecule has 1 heterocycles. The quantitative estimate of drug-likeness (QED) is 0.727. The molecular weight excluding hydrogens is 234 g/mol. The lowest BCUT2D eigenvalue weighted by molar-refractivity contribution is 0.218. The van der Waals surface area contributed by atoms with E-state index < -0.39 is 0 Å². The highest BCUT2D eigenvalue weighted by atomic mass is 35.5. The van der Waals surface area contributed by atoms with Crippen LogP contribution in [0.2, 0.25) is 5.28 Å². The zero-order valence-corrected chi connectivity index (χ0v) is 9.77. The Hall–Kier alpha value is -1.14. The van der Waals surface area contributed by atoms with Gasteiger partial charge in [0.05, 0.1) is 13.2 Å². The van der Waals surface area contributed by atoms with Crippen molar-refractivity contribution in [2.24, 2.45) is 0 Å². The average molecular weight is 248 g/mol. The first-order valence-corrected chi connectivity index (χ1v) is 5.42. The molecule has 0 radical (unpaired) electrons. The van der Waals surface area contributed by atoms with E-state index in [9.17, 15) is 0 Å². The second-order valence-corrected chi connectivity index (χ2v) is 3.28. The van der Waals surface area contributed by atoms with E-state index in [4.69, 9.17) is 26.2 Å². The molecule has 7 heteroatoms. The molecule has 0 aliphatic rings. The molecular formula is C9H14ClN3O3. The number of aliphatic hydroxyl groups is 1. The van der Waals surface area contributed by atoms with Crippen LogP contribution in [0.15, 0.2) is 0 Å². The number of hydrogen-bond donors (Lipinski definition) is 1. The molecule has 0 saturated carbocycles. The van der Waals surface area contributed by atoms with E-state index in [2.05, 4.69) is 15.0 Å². The molecule has 90 valence electrons. The van der Waals surface area contributed by atoms with Crippen LogP contribution in [0.3, 0.4) is 0 Å². The molecule has 0 spiro atoms. The van der Waals surface area contributed by atoms with Crippen LogP contribution in [-0.2, 0) is 0 Å². The van der Waals surface area contributed by atoms with Crippen LogP contribution < -0.4 is 9.47 Å². The maximum atomic E-state index is 8.59. The molecule has 0 aromatic carbocycles. The van der Waals surface area contributed by atoms with Gasteiger partial charge in [-0.2, -0.15) is 9.97 Å². The van der Waals surface area contributed by atoms with Crippen LogP contribution in [0.1, 0.15) is 19.8 Å². The number of ether oxygens (including phenoxy) is 2. The van der Waals surface area contributed by atoms with Gasteiger partial charge in [-0.05, 0) is 18.0 Å². The Bertz CT molecular complexity index is 325. The Kier molecular flexibility index (Phi) is 5.81. The highest BCUT2D eigenvalue weighted by Gasteiger charge is 2.06. The van der Waals surface area contributed by atoms with Crippen molar-refractivity contribution in [2.75, 3.05) is 19.8 Å². The Labute approximate surface area is 98.6 Å². The standard InChI is InChI=1S/C9H14ClN3O3/c1-2-5-15-8-11-7(10)12-9(13-8)16-6-3-4-14/h14H,2-6H2,1H3. The van der Waals surface area contributed by atoms with Crippen molar-refractivity contribution in [2.45, 2.75) is 19.8 Å². The van der Waals surface area contributed by atoms with Crippen molar-refractivity contribution >= 4 is 11.6 Å². The Morgan fingerprint density at radius 2 is 1.75 bits per heavy atom. The molecule has 0 saturated heterocycles. The minimum Gasteiger partial charge on any atom is -0.463 e. The van der Waals surface area contributed by atoms with Gasteiger partial charge in [0.15, 0.2) is 0 Å². The summed E-state index contributed by atoms with van der Waals surface area (Å²) in [4.78, 5) is 11.5. The highest BCUT2D eigenvalue weighted by molar-refractivity contribution is 6.28. The minimum absolute atomic E-state index is 0.0279. The van der Waals surface area contributed by atoms with E-state index in [0.717, 1.165) is 6.42 Å². The average Bonchev–Trinajstić information content (AvgIpc) is 2.26. The molecule has 1 aromatic heterocycles. The van der Waals surface area contributed by atoms with Crippen molar-refractivity contribution in [1.29, 1.82) is 0 Å². The normalized spacial score (nSPS) is 10.2. The zero-order valence-electron chi connectivity index (χ0n) is 9.02. The summed E-state index contributed by atoms with van der Waals surface area (Å²) in [6, 6.07) is 0.264. The predicted octanol–water partition coefficient (Wildman–Crippen LogP) is 1.07. The van der Waals surface area contributed by atoms with Crippen molar-refractivity contribution < 1.29 is 14.6 Å². The van der Waals surface area contributed by atoms with Gasteiger partial charge in [0, 0.05) is 13.0 Å². The molecule has 0 fully saturated rings. The van der Waals surface area contributed by atoms with Crippen molar-refractivity contribution in [3.63, 3.8) is 0 Å². The van der Waals surface area contributed by atoms with Gasteiger partial charge in [-0.25, -0.2) is 0 Å². The molecule has 1 aromatic rings. The maximum Gasteiger partial charge on any atom is 0.323 e. The summed E-state index contributed by atoms with van der Waals surface area (Å²) in [5, 5.41) is 8.61. The number of hydrogen-bond acceptors (Lipinski definition) is 6. The van der Waals surface area contributed by atoms with Crippen LogP contribution in [-0.4, -0.2) is 39.9 Å². The molecule has 0 aliphatic carbocycles. The molecule has 16 heavy (non-hydrogen) atoms. The molecule has 1 rings (SSSR count). The Balaban J connectivity index is 2.58. The maximum absolute atomic E-state index is 8.59. The highest BCUT2D eigenvalue weighted by Crippen LogP contribution is 2.13. The van der Waals surface area contributed by atoms with E-state index in [0.29, 0.717) is 19.6 Å². The van der Waals surface area contributed by atoms with Crippen molar-refractivity contribution in [3.05, 3.63) is 5.28 Å². The van der Waals surface area contributed by atoms with Gasteiger partial charge in [-0.15, -0.1) is 4.98 Å². The number of halogens is 1. The van der Waals surface area contributed by atoms with Gasteiger partial charge < -0.3 is 14.6 Å². The van der Waals surface area contributed by atoms with Crippen LogP contribution in [0.4, 0.5) is 0 Å². The predicted molar refractivity (Wildman–Crippen MR) is 57.8 cm³/mol. The lowest BCUT2D eigenvalue weighted by atomic mass is 10.5. The van der Waals surface area contributed by atoms with Gasteiger partial charge in [-0.3, -0.25) is 0 Å². The molecule has 0 unspecified atom stereocenters. The molecule has 0 aliphatic heterocycles.